The summed E-state index contributed by atoms with van der Waals surface area (Å²) in [5.41, 5.74) is 0.0413. The lowest BCUT2D eigenvalue weighted by Gasteiger charge is -2.14. The van der Waals surface area contributed by atoms with Crippen molar-refractivity contribution in [1.29, 1.82) is 0 Å². The highest BCUT2D eigenvalue weighted by molar-refractivity contribution is 6.30. The molecule has 0 spiro atoms. The quantitative estimate of drug-likeness (QED) is 0.874. The zero-order chi connectivity index (χ0) is 12.8. The van der Waals surface area contributed by atoms with E-state index < -0.39 is 11.8 Å². The molecule has 17 heavy (non-hydrogen) atoms. The lowest BCUT2D eigenvalue weighted by molar-refractivity contribution is 0.173. The van der Waals surface area contributed by atoms with Crippen LogP contribution in [0, 0.1) is 5.82 Å². The summed E-state index contributed by atoms with van der Waals surface area (Å²) >= 11 is 5.70. The molecule has 2 N–H and O–H groups in total. The van der Waals surface area contributed by atoms with Crippen LogP contribution in [-0.4, -0.2) is 25.8 Å². The Hall–Kier alpha value is -1.33. The van der Waals surface area contributed by atoms with Crippen LogP contribution in [0.25, 0.3) is 0 Å². The number of carbonyl (C=O) groups is 1. The van der Waals surface area contributed by atoms with Crippen LogP contribution in [0.15, 0.2) is 18.2 Å². The fraction of sp³-hybridized carbons (Fsp3) is 0.364. The third-order valence-corrected chi connectivity index (χ3v) is 2.21. The first-order valence-corrected chi connectivity index (χ1v) is 5.42. The molecule has 0 bridgehead atoms. The fourth-order valence-corrected chi connectivity index (χ4v) is 1.44. The molecule has 1 aromatic carbocycles. The average Bonchev–Trinajstić information content (AvgIpc) is 2.23. The molecular formula is C11H14ClFN2O2. The highest BCUT2D eigenvalue weighted by Crippen LogP contribution is 2.19. The van der Waals surface area contributed by atoms with Crippen molar-refractivity contribution in [3.63, 3.8) is 0 Å². The summed E-state index contributed by atoms with van der Waals surface area (Å²) in [6.07, 6.45) is 0. The molecule has 0 radical (unpaired) electrons. The van der Waals surface area contributed by atoms with Gasteiger partial charge in [0.1, 0.15) is 5.82 Å². The van der Waals surface area contributed by atoms with Crippen molar-refractivity contribution in [2.24, 2.45) is 0 Å². The smallest absolute Gasteiger partial charge is 0.319 e. The van der Waals surface area contributed by atoms with Gasteiger partial charge in [0.2, 0.25) is 0 Å². The van der Waals surface area contributed by atoms with Crippen LogP contribution in [0.3, 0.4) is 0 Å². The average molecular weight is 261 g/mol. The Bertz CT molecular complexity index is 401. The number of hydrogen-bond acceptors (Lipinski definition) is 2. The van der Waals surface area contributed by atoms with Crippen molar-refractivity contribution in [2.45, 2.75) is 13.0 Å². The zero-order valence-corrected chi connectivity index (χ0v) is 10.3. The summed E-state index contributed by atoms with van der Waals surface area (Å²) in [5, 5.41) is 5.32. The van der Waals surface area contributed by atoms with Crippen LogP contribution in [0.5, 0.6) is 0 Å². The number of methoxy groups -OCH3 is 1. The molecule has 0 saturated carbocycles. The van der Waals surface area contributed by atoms with Gasteiger partial charge in [0, 0.05) is 12.1 Å². The molecule has 4 nitrogen and oxygen atoms in total. The van der Waals surface area contributed by atoms with Gasteiger partial charge in [-0.3, -0.25) is 0 Å². The molecule has 0 fully saturated rings. The first kappa shape index (κ1) is 13.7. The zero-order valence-electron chi connectivity index (χ0n) is 9.59. The maximum atomic E-state index is 13.3. The maximum absolute atomic E-state index is 13.3. The first-order valence-electron chi connectivity index (χ1n) is 5.04. The van der Waals surface area contributed by atoms with Crippen LogP contribution in [-0.2, 0) is 4.74 Å². The number of urea groups is 1. The number of amides is 2. The molecule has 0 aromatic heterocycles. The molecule has 1 rings (SSSR count). The van der Waals surface area contributed by atoms with E-state index in [-0.39, 0.29) is 11.7 Å². The predicted octanol–water partition coefficient (Wildman–Crippen LogP) is 2.64. The van der Waals surface area contributed by atoms with E-state index in [0.717, 1.165) is 0 Å². The Balaban J connectivity index is 2.58. The standard InChI is InChI=1S/C11H14ClFN2O2/c1-7(6-17-2)14-11(16)15-10-5-8(12)3-4-9(10)13/h3-5,7H,6H2,1-2H3,(H2,14,15,16). The summed E-state index contributed by atoms with van der Waals surface area (Å²) in [6.45, 7) is 2.16. The molecule has 0 aliphatic heterocycles. The molecule has 0 aliphatic rings. The highest BCUT2D eigenvalue weighted by atomic mass is 35.5. The summed E-state index contributed by atoms with van der Waals surface area (Å²) < 4.78 is 18.1. The molecule has 1 unspecified atom stereocenters. The molecule has 6 heteroatoms. The first-order chi connectivity index (χ1) is 8.02. The third-order valence-electron chi connectivity index (χ3n) is 1.97. The van der Waals surface area contributed by atoms with Gasteiger partial charge in [0.25, 0.3) is 0 Å². The van der Waals surface area contributed by atoms with Crippen molar-refractivity contribution < 1.29 is 13.9 Å². The van der Waals surface area contributed by atoms with Crippen LogP contribution in [0.2, 0.25) is 5.02 Å². The van der Waals surface area contributed by atoms with Gasteiger partial charge >= 0.3 is 6.03 Å². The van der Waals surface area contributed by atoms with E-state index in [1.807, 2.05) is 0 Å². The molecule has 2 amide bonds. The van der Waals surface area contributed by atoms with Gasteiger partial charge in [0.15, 0.2) is 0 Å². The molecule has 0 saturated heterocycles. The van der Waals surface area contributed by atoms with Gasteiger partial charge in [-0.15, -0.1) is 0 Å². The Morgan fingerprint density at radius 3 is 2.94 bits per heavy atom. The van der Waals surface area contributed by atoms with E-state index in [1.165, 1.54) is 25.3 Å². The van der Waals surface area contributed by atoms with Crippen molar-refractivity contribution in [1.82, 2.24) is 5.32 Å². The minimum absolute atomic E-state index is 0.0413. The predicted molar refractivity (Wildman–Crippen MR) is 64.9 cm³/mol. The molecular weight excluding hydrogens is 247 g/mol. The molecule has 94 valence electrons. The summed E-state index contributed by atoms with van der Waals surface area (Å²) in [5.74, 6) is -0.538. The minimum Gasteiger partial charge on any atom is -0.383 e. The molecule has 0 heterocycles. The third kappa shape index (κ3) is 4.58. The molecule has 0 aliphatic carbocycles. The van der Waals surface area contributed by atoms with E-state index in [9.17, 15) is 9.18 Å². The number of hydrogen-bond donors (Lipinski definition) is 2. The van der Waals surface area contributed by atoms with Gasteiger partial charge in [-0.05, 0) is 25.1 Å². The van der Waals surface area contributed by atoms with E-state index in [4.69, 9.17) is 16.3 Å². The number of ether oxygens (including phenoxy) is 1. The number of halogens is 2. The Morgan fingerprint density at radius 2 is 2.29 bits per heavy atom. The van der Waals surface area contributed by atoms with Gasteiger partial charge in [-0.2, -0.15) is 0 Å². The normalized spacial score (nSPS) is 12.0. The van der Waals surface area contributed by atoms with Gasteiger partial charge in [-0.1, -0.05) is 11.6 Å². The van der Waals surface area contributed by atoms with Crippen molar-refractivity contribution >= 4 is 23.3 Å². The van der Waals surface area contributed by atoms with E-state index in [2.05, 4.69) is 10.6 Å². The number of carbonyl (C=O) groups excluding carboxylic acids is 1. The molecule has 1 aromatic rings. The number of nitrogens with one attached hydrogen (secondary N) is 2. The number of anilines is 1. The SMILES string of the molecule is COCC(C)NC(=O)Nc1cc(Cl)ccc1F. The van der Waals surface area contributed by atoms with Crippen LogP contribution >= 0.6 is 11.6 Å². The van der Waals surface area contributed by atoms with E-state index >= 15 is 0 Å². The lowest BCUT2D eigenvalue weighted by atomic mass is 10.3. The fourth-order valence-electron chi connectivity index (χ4n) is 1.27. The highest BCUT2D eigenvalue weighted by Gasteiger charge is 2.09. The van der Waals surface area contributed by atoms with Gasteiger partial charge in [0.05, 0.1) is 18.3 Å². The second-order valence-electron chi connectivity index (χ2n) is 3.58. The summed E-state index contributed by atoms with van der Waals surface area (Å²) in [7, 11) is 1.53. The van der Waals surface area contributed by atoms with Crippen molar-refractivity contribution in [3.8, 4) is 0 Å². The summed E-state index contributed by atoms with van der Waals surface area (Å²) in [4.78, 5) is 11.5. The van der Waals surface area contributed by atoms with Crippen molar-refractivity contribution in [3.05, 3.63) is 29.0 Å². The van der Waals surface area contributed by atoms with Crippen molar-refractivity contribution in [2.75, 3.05) is 19.0 Å². The van der Waals surface area contributed by atoms with Gasteiger partial charge in [-0.25, -0.2) is 9.18 Å². The van der Waals surface area contributed by atoms with Crippen LogP contribution < -0.4 is 10.6 Å². The lowest BCUT2D eigenvalue weighted by Crippen LogP contribution is -2.38. The topological polar surface area (TPSA) is 50.4 Å². The second kappa shape index (κ2) is 6.42. The van der Waals surface area contributed by atoms with Crippen LogP contribution in [0.1, 0.15) is 6.92 Å². The summed E-state index contributed by atoms with van der Waals surface area (Å²) in [6, 6.07) is 3.28. The Kier molecular flexibility index (Phi) is 5.18. The Labute approximate surface area is 104 Å². The van der Waals surface area contributed by atoms with E-state index in [1.54, 1.807) is 6.92 Å². The van der Waals surface area contributed by atoms with Gasteiger partial charge < -0.3 is 15.4 Å². The number of rotatable bonds is 4. The van der Waals surface area contributed by atoms with Crippen LogP contribution in [0.4, 0.5) is 14.9 Å². The Morgan fingerprint density at radius 1 is 1.59 bits per heavy atom. The molecule has 1 atom stereocenters. The van der Waals surface area contributed by atoms with E-state index in [0.29, 0.717) is 11.6 Å². The maximum Gasteiger partial charge on any atom is 0.319 e. The minimum atomic E-state index is -0.538. The number of benzene rings is 1. The monoisotopic (exact) mass is 260 g/mol. The largest absolute Gasteiger partial charge is 0.383 e. The second-order valence-corrected chi connectivity index (χ2v) is 4.02.